The highest BCUT2D eigenvalue weighted by atomic mass is 79.9. The van der Waals surface area contributed by atoms with Crippen molar-refractivity contribution in [2.75, 3.05) is 13.1 Å². The number of hydrogen-bond acceptors (Lipinski definition) is 4. The van der Waals surface area contributed by atoms with Crippen LogP contribution in [-0.4, -0.2) is 47.2 Å². The van der Waals surface area contributed by atoms with Gasteiger partial charge in [0.15, 0.2) is 16.5 Å². The molecule has 6 nitrogen and oxygen atoms in total. The molecule has 1 aliphatic rings. The first-order valence-electron chi connectivity index (χ1n) is 5.82. The van der Waals surface area contributed by atoms with Crippen molar-refractivity contribution in [1.29, 1.82) is 0 Å². The standard InChI is InChI=1S/C12H14BrNO5/c1-6-3-9(13)19-10(6)11(15)14-4-7(2)18-8(5-14)12(16)17/h3,7-8H,4-5H2,1-2H3,(H,16,17)/t7-,8?/m1/s1. The number of carboxylic acids is 1. The molecule has 1 amide bonds. The molecule has 1 aliphatic heterocycles. The Morgan fingerprint density at radius 2 is 2.16 bits per heavy atom. The van der Waals surface area contributed by atoms with Gasteiger partial charge >= 0.3 is 5.97 Å². The van der Waals surface area contributed by atoms with E-state index in [4.69, 9.17) is 14.3 Å². The van der Waals surface area contributed by atoms with Crippen LogP contribution in [0.1, 0.15) is 23.0 Å². The summed E-state index contributed by atoms with van der Waals surface area (Å²) in [7, 11) is 0. The summed E-state index contributed by atoms with van der Waals surface area (Å²) < 4.78 is 11.0. The number of ether oxygens (including phenoxy) is 1. The number of carbonyl (C=O) groups is 2. The van der Waals surface area contributed by atoms with Gasteiger partial charge in [0.05, 0.1) is 12.6 Å². The molecule has 1 aromatic rings. The van der Waals surface area contributed by atoms with Gasteiger partial charge in [-0.2, -0.15) is 0 Å². The lowest BCUT2D eigenvalue weighted by Gasteiger charge is -2.34. The van der Waals surface area contributed by atoms with E-state index in [-0.39, 0.29) is 24.3 Å². The van der Waals surface area contributed by atoms with E-state index in [9.17, 15) is 9.59 Å². The van der Waals surface area contributed by atoms with E-state index in [0.29, 0.717) is 16.8 Å². The van der Waals surface area contributed by atoms with Crippen molar-refractivity contribution in [3.63, 3.8) is 0 Å². The molecule has 0 spiro atoms. The van der Waals surface area contributed by atoms with Crippen LogP contribution >= 0.6 is 15.9 Å². The molecule has 2 rings (SSSR count). The highest BCUT2D eigenvalue weighted by molar-refractivity contribution is 9.10. The van der Waals surface area contributed by atoms with Crippen molar-refractivity contribution in [2.24, 2.45) is 0 Å². The maximum atomic E-state index is 12.3. The number of aliphatic carboxylic acids is 1. The van der Waals surface area contributed by atoms with Gasteiger partial charge in [-0.3, -0.25) is 4.79 Å². The Hall–Kier alpha value is -1.34. The van der Waals surface area contributed by atoms with Crippen LogP contribution in [0.4, 0.5) is 0 Å². The summed E-state index contributed by atoms with van der Waals surface area (Å²) in [4.78, 5) is 24.7. The minimum absolute atomic E-state index is 0.0241. The molecular formula is C12H14BrNO5. The third kappa shape index (κ3) is 2.98. The Labute approximate surface area is 118 Å². The first-order chi connectivity index (χ1) is 8.88. The topological polar surface area (TPSA) is 80.0 Å². The predicted molar refractivity (Wildman–Crippen MR) is 69.0 cm³/mol. The van der Waals surface area contributed by atoms with E-state index in [1.54, 1.807) is 19.9 Å². The fourth-order valence-corrected chi connectivity index (χ4v) is 2.56. The zero-order valence-corrected chi connectivity index (χ0v) is 12.1. The van der Waals surface area contributed by atoms with E-state index in [1.165, 1.54) is 4.90 Å². The van der Waals surface area contributed by atoms with Gasteiger partial charge in [0.25, 0.3) is 5.91 Å². The lowest BCUT2D eigenvalue weighted by atomic mass is 10.2. The van der Waals surface area contributed by atoms with Crippen molar-refractivity contribution >= 4 is 27.8 Å². The predicted octanol–water partition coefficient (Wildman–Crippen LogP) is 1.66. The summed E-state index contributed by atoms with van der Waals surface area (Å²) in [5.74, 6) is -1.16. The number of nitrogens with zero attached hydrogens (tertiary/aromatic N) is 1. The number of hydrogen-bond donors (Lipinski definition) is 1. The molecule has 2 atom stereocenters. The van der Waals surface area contributed by atoms with Crippen LogP contribution in [-0.2, 0) is 9.53 Å². The number of morpholine rings is 1. The monoisotopic (exact) mass is 331 g/mol. The molecule has 1 N–H and O–H groups in total. The van der Waals surface area contributed by atoms with Crippen molar-refractivity contribution < 1.29 is 23.8 Å². The van der Waals surface area contributed by atoms with Crippen molar-refractivity contribution in [2.45, 2.75) is 26.1 Å². The molecule has 0 saturated carbocycles. The molecule has 1 aromatic heterocycles. The van der Waals surface area contributed by atoms with Gasteiger partial charge in [-0.05, 0) is 35.8 Å². The molecule has 0 aromatic carbocycles. The smallest absolute Gasteiger partial charge is 0.334 e. The van der Waals surface area contributed by atoms with Crippen LogP contribution in [0.3, 0.4) is 0 Å². The average Bonchev–Trinajstić information content (AvgIpc) is 2.66. The molecule has 19 heavy (non-hydrogen) atoms. The fraction of sp³-hybridized carbons (Fsp3) is 0.500. The summed E-state index contributed by atoms with van der Waals surface area (Å²) in [6, 6.07) is 1.70. The molecule has 1 fully saturated rings. The van der Waals surface area contributed by atoms with Crippen molar-refractivity contribution in [3.8, 4) is 0 Å². The van der Waals surface area contributed by atoms with E-state index in [2.05, 4.69) is 15.9 Å². The molecule has 7 heteroatoms. The highest BCUT2D eigenvalue weighted by Gasteiger charge is 2.34. The second-order valence-corrected chi connectivity index (χ2v) is 5.33. The minimum atomic E-state index is -1.07. The second-order valence-electron chi connectivity index (χ2n) is 4.55. The quantitative estimate of drug-likeness (QED) is 0.891. The summed E-state index contributed by atoms with van der Waals surface area (Å²) in [6.45, 7) is 3.87. The van der Waals surface area contributed by atoms with Crippen LogP contribution in [0.25, 0.3) is 0 Å². The number of furan rings is 1. The van der Waals surface area contributed by atoms with Gasteiger partial charge in [0.2, 0.25) is 0 Å². The zero-order valence-electron chi connectivity index (χ0n) is 10.6. The van der Waals surface area contributed by atoms with Gasteiger partial charge in [-0.25, -0.2) is 4.79 Å². The largest absolute Gasteiger partial charge is 0.479 e. The minimum Gasteiger partial charge on any atom is -0.479 e. The molecular weight excluding hydrogens is 318 g/mol. The Bertz CT molecular complexity index is 512. The van der Waals surface area contributed by atoms with Crippen LogP contribution in [0.5, 0.6) is 0 Å². The first kappa shape index (κ1) is 14.1. The number of rotatable bonds is 2. The highest BCUT2D eigenvalue weighted by Crippen LogP contribution is 2.22. The Kier molecular flexibility index (Phi) is 3.96. The van der Waals surface area contributed by atoms with E-state index in [0.717, 1.165) is 0 Å². The Balaban J connectivity index is 2.18. The molecule has 0 radical (unpaired) electrons. The van der Waals surface area contributed by atoms with E-state index < -0.39 is 12.1 Å². The number of carbonyl (C=O) groups excluding carboxylic acids is 1. The van der Waals surface area contributed by atoms with Crippen LogP contribution in [0.2, 0.25) is 0 Å². The van der Waals surface area contributed by atoms with Gasteiger partial charge in [-0.15, -0.1) is 0 Å². The molecule has 1 unspecified atom stereocenters. The Morgan fingerprint density at radius 3 is 2.68 bits per heavy atom. The normalized spacial score (nSPS) is 23.4. The second kappa shape index (κ2) is 5.34. The summed E-state index contributed by atoms with van der Waals surface area (Å²) in [5, 5.41) is 8.99. The van der Waals surface area contributed by atoms with E-state index >= 15 is 0 Å². The molecule has 104 valence electrons. The van der Waals surface area contributed by atoms with E-state index in [1.807, 2.05) is 0 Å². The van der Waals surface area contributed by atoms with Gasteiger partial charge < -0.3 is 19.2 Å². The first-order valence-corrected chi connectivity index (χ1v) is 6.61. The molecule has 0 aliphatic carbocycles. The van der Waals surface area contributed by atoms with Crippen LogP contribution in [0.15, 0.2) is 15.2 Å². The van der Waals surface area contributed by atoms with Gasteiger partial charge in [0.1, 0.15) is 0 Å². The number of carboxylic acid groups (broad SMARTS) is 1. The van der Waals surface area contributed by atoms with Gasteiger partial charge in [0, 0.05) is 12.1 Å². The lowest BCUT2D eigenvalue weighted by molar-refractivity contribution is -0.160. The average molecular weight is 332 g/mol. The summed E-state index contributed by atoms with van der Waals surface area (Å²) in [6.07, 6.45) is -1.32. The van der Waals surface area contributed by atoms with Crippen LogP contribution < -0.4 is 0 Å². The third-order valence-corrected chi connectivity index (χ3v) is 3.30. The summed E-state index contributed by atoms with van der Waals surface area (Å²) >= 11 is 3.17. The van der Waals surface area contributed by atoms with Crippen molar-refractivity contribution in [1.82, 2.24) is 4.90 Å². The summed E-state index contributed by atoms with van der Waals surface area (Å²) in [5.41, 5.74) is 0.711. The van der Waals surface area contributed by atoms with Crippen molar-refractivity contribution in [3.05, 3.63) is 22.1 Å². The lowest BCUT2D eigenvalue weighted by Crippen LogP contribution is -2.51. The van der Waals surface area contributed by atoms with Gasteiger partial charge in [-0.1, -0.05) is 0 Å². The zero-order chi connectivity index (χ0) is 14.2. The molecule has 0 bridgehead atoms. The maximum absolute atomic E-state index is 12.3. The SMILES string of the molecule is Cc1cc(Br)oc1C(=O)N1CC(C(=O)O)O[C@H](C)C1. The third-order valence-electron chi connectivity index (χ3n) is 2.90. The Morgan fingerprint density at radius 1 is 1.47 bits per heavy atom. The number of aryl methyl sites for hydroxylation is 1. The number of amides is 1. The number of halogens is 1. The maximum Gasteiger partial charge on any atom is 0.334 e. The fourth-order valence-electron chi connectivity index (χ4n) is 2.05. The molecule has 1 saturated heterocycles. The molecule has 2 heterocycles. The van der Waals surface area contributed by atoms with Crippen LogP contribution in [0, 0.1) is 6.92 Å².